The SMILES string of the molecule is COc1cc(C2C(=O)N(C)C(=N)N[C@]2(C)c2cc(-c3cc(F)cc(C#N)c3)cs2)cc(OC)c1OC. The Morgan fingerprint density at radius 3 is 2.33 bits per heavy atom. The number of guanidine groups is 1. The van der Waals surface area contributed by atoms with Crippen molar-refractivity contribution in [2.24, 2.45) is 0 Å². The smallest absolute Gasteiger partial charge is 0.239 e. The van der Waals surface area contributed by atoms with Crippen LogP contribution in [0.4, 0.5) is 4.39 Å². The van der Waals surface area contributed by atoms with Crippen LogP contribution >= 0.6 is 11.3 Å². The van der Waals surface area contributed by atoms with E-state index in [2.05, 4.69) is 5.32 Å². The molecular formula is C26H25FN4O4S. The minimum Gasteiger partial charge on any atom is -0.493 e. The molecular weight excluding hydrogens is 483 g/mol. The monoisotopic (exact) mass is 508 g/mol. The summed E-state index contributed by atoms with van der Waals surface area (Å²) in [5.41, 5.74) is 1.05. The lowest BCUT2D eigenvalue weighted by molar-refractivity contribution is -0.131. The second kappa shape index (κ2) is 9.51. The molecule has 1 fully saturated rings. The molecule has 0 saturated carbocycles. The summed E-state index contributed by atoms with van der Waals surface area (Å²) in [6.07, 6.45) is 0. The quantitative estimate of drug-likeness (QED) is 0.510. The van der Waals surface area contributed by atoms with E-state index in [4.69, 9.17) is 19.6 Å². The van der Waals surface area contributed by atoms with E-state index < -0.39 is 17.3 Å². The number of benzene rings is 2. The minimum absolute atomic E-state index is 0.0429. The summed E-state index contributed by atoms with van der Waals surface area (Å²) in [5, 5.41) is 22.7. The number of hydrogen-bond donors (Lipinski definition) is 2. The van der Waals surface area contributed by atoms with Gasteiger partial charge in [-0.2, -0.15) is 5.26 Å². The van der Waals surface area contributed by atoms with Gasteiger partial charge in [0, 0.05) is 11.9 Å². The molecule has 2 heterocycles. The maximum absolute atomic E-state index is 14.1. The Balaban J connectivity index is 1.87. The zero-order chi connectivity index (χ0) is 26.2. The molecule has 1 aliphatic heterocycles. The number of methoxy groups -OCH3 is 3. The summed E-state index contributed by atoms with van der Waals surface area (Å²) < 4.78 is 30.6. The van der Waals surface area contributed by atoms with Crippen LogP contribution in [0.2, 0.25) is 0 Å². The average molecular weight is 509 g/mol. The van der Waals surface area contributed by atoms with Gasteiger partial charge in [-0.3, -0.25) is 15.1 Å². The van der Waals surface area contributed by atoms with E-state index in [-0.39, 0.29) is 17.4 Å². The Morgan fingerprint density at radius 1 is 1.08 bits per heavy atom. The molecule has 0 spiro atoms. The number of nitrogens with zero attached hydrogens (tertiary/aromatic N) is 2. The number of amides is 1. The van der Waals surface area contributed by atoms with Gasteiger partial charge >= 0.3 is 0 Å². The van der Waals surface area contributed by atoms with Crippen molar-refractivity contribution >= 4 is 23.2 Å². The molecule has 1 aliphatic rings. The summed E-state index contributed by atoms with van der Waals surface area (Å²) in [6, 6.07) is 11.4. The number of carbonyl (C=O) groups excluding carboxylic acids is 1. The third-order valence-electron chi connectivity index (χ3n) is 6.36. The van der Waals surface area contributed by atoms with Gasteiger partial charge in [-0.05, 0) is 65.4 Å². The van der Waals surface area contributed by atoms with E-state index >= 15 is 0 Å². The highest BCUT2D eigenvalue weighted by Crippen LogP contribution is 2.48. The van der Waals surface area contributed by atoms with Crippen molar-refractivity contribution in [2.75, 3.05) is 28.4 Å². The molecule has 0 radical (unpaired) electrons. The molecule has 1 saturated heterocycles. The Morgan fingerprint density at radius 2 is 1.75 bits per heavy atom. The molecule has 10 heteroatoms. The van der Waals surface area contributed by atoms with Crippen molar-refractivity contribution in [1.29, 1.82) is 10.7 Å². The van der Waals surface area contributed by atoms with E-state index in [1.807, 2.05) is 24.4 Å². The number of hydrogen-bond acceptors (Lipinski definition) is 7. The van der Waals surface area contributed by atoms with Gasteiger partial charge in [0.2, 0.25) is 11.7 Å². The lowest BCUT2D eigenvalue weighted by Crippen LogP contribution is -2.62. The number of halogens is 1. The van der Waals surface area contributed by atoms with Crippen LogP contribution in [-0.2, 0) is 10.3 Å². The summed E-state index contributed by atoms with van der Waals surface area (Å²) in [4.78, 5) is 15.6. The van der Waals surface area contributed by atoms with E-state index in [0.717, 1.165) is 4.88 Å². The molecule has 1 aromatic heterocycles. The minimum atomic E-state index is -1.03. The molecule has 36 heavy (non-hydrogen) atoms. The Kier molecular flexibility index (Phi) is 6.61. The Hall–Kier alpha value is -4.10. The van der Waals surface area contributed by atoms with Crippen molar-refractivity contribution in [3.63, 3.8) is 0 Å². The Labute approximate surface area is 212 Å². The van der Waals surface area contributed by atoms with Gasteiger partial charge in [-0.25, -0.2) is 4.39 Å². The first kappa shape index (κ1) is 25.0. The fourth-order valence-corrected chi connectivity index (χ4v) is 5.55. The highest BCUT2D eigenvalue weighted by atomic mass is 32.1. The molecule has 2 aromatic carbocycles. The van der Waals surface area contributed by atoms with Crippen molar-refractivity contribution in [1.82, 2.24) is 10.2 Å². The van der Waals surface area contributed by atoms with E-state index in [1.165, 1.54) is 56.7 Å². The molecule has 1 unspecified atom stereocenters. The average Bonchev–Trinajstić information content (AvgIpc) is 3.37. The van der Waals surface area contributed by atoms with Crippen LogP contribution in [0.5, 0.6) is 17.2 Å². The zero-order valence-corrected chi connectivity index (χ0v) is 21.2. The van der Waals surface area contributed by atoms with Crippen LogP contribution in [0.25, 0.3) is 11.1 Å². The van der Waals surface area contributed by atoms with Crippen LogP contribution in [0.1, 0.15) is 28.8 Å². The molecule has 3 aromatic rings. The first-order valence-corrected chi connectivity index (χ1v) is 11.8. The van der Waals surface area contributed by atoms with Crippen molar-refractivity contribution < 1.29 is 23.4 Å². The number of likely N-dealkylation sites (N-methyl/N-ethyl adjacent to an activating group) is 1. The maximum Gasteiger partial charge on any atom is 0.239 e. The van der Waals surface area contributed by atoms with Crippen LogP contribution in [-0.4, -0.2) is 45.1 Å². The molecule has 2 N–H and O–H groups in total. The van der Waals surface area contributed by atoms with Crippen LogP contribution in [0.15, 0.2) is 41.8 Å². The fraction of sp³-hybridized carbons (Fsp3) is 0.269. The summed E-state index contributed by atoms with van der Waals surface area (Å²) in [5.74, 6) is -0.393. The highest BCUT2D eigenvalue weighted by molar-refractivity contribution is 7.10. The molecule has 0 bridgehead atoms. The molecule has 1 amide bonds. The van der Waals surface area contributed by atoms with Gasteiger partial charge in [0.1, 0.15) is 5.82 Å². The second-order valence-corrected chi connectivity index (χ2v) is 9.42. The topological polar surface area (TPSA) is 108 Å². The molecule has 186 valence electrons. The van der Waals surface area contributed by atoms with Crippen molar-refractivity contribution in [3.8, 4) is 34.4 Å². The molecule has 4 rings (SSSR count). The number of rotatable bonds is 6. The van der Waals surface area contributed by atoms with Crippen LogP contribution in [0, 0.1) is 22.6 Å². The van der Waals surface area contributed by atoms with Gasteiger partial charge < -0.3 is 19.5 Å². The molecule has 8 nitrogen and oxygen atoms in total. The largest absolute Gasteiger partial charge is 0.493 e. The number of nitriles is 1. The number of ether oxygens (including phenoxy) is 3. The first-order valence-electron chi connectivity index (χ1n) is 10.9. The number of thiophene rings is 1. The van der Waals surface area contributed by atoms with Gasteiger partial charge in [-0.1, -0.05) is 0 Å². The summed E-state index contributed by atoms with van der Waals surface area (Å²) in [6.45, 7) is 1.85. The third-order valence-corrected chi connectivity index (χ3v) is 7.53. The van der Waals surface area contributed by atoms with Crippen LogP contribution in [0.3, 0.4) is 0 Å². The van der Waals surface area contributed by atoms with Gasteiger partial charge in [0.25, 0.3) is 0 Å². The zero-order valence-electron chi connectivity index (χ0n) is 20.4. The predicted molar refractivity (Wildman–Crippen MR) is 134 cm³/mol. The predicted octanol–water partition coefficient (Wildman–Crippen LogP) is 4.45. The van der Waals surface area contributed by atoms with Gasteiger partial charge in [0.05, 0.1) is 44.4 Å². The second-order valence-electron chi connectivity index (χ2n) is 8.50. The van der Waals surface area contributed by atoms with Crippen molar-refractivity contribution in [3.05, 3.63) is 63.6 Å². The van der Waals surface area contributed by atoms with E-state index in [1.54, 1.807) is 18.2 Å². The third kappa shape index (κ3) is 4.12. The molecule has 2 atom stereocenters. The standard InChI is InChI=1S/C26H25FN4O4S/c1-26(21-11-17(13-36-21)15-6-14(12-28)7-18(27)8-15)22(24(32)31(2)25(29)30-26)16-9-19(33-3)23(35-5)20(10-16)34-4/h6-11,13,22H,1-5H3,(H2,29,30)/t22?,26-/m1/s1. The van der Waals surface area contributed by atoms with Crippen molar-refractivity contribution in [2.45, 2.75) is 18.4 Å². The fourth-order valence-electron chi connectivity index (χ4n) is 4.48. The molecule has 0 aliphatic carbocycles. The van der Waals surface area contributed by atoms with E-state index in [9.17, 15) is 14.4 Å². The Bertz CT molecular complexity index is 1370. The van der Waals surface area contributed by atoms with Gasteiger partial charge in [-0.15, -0.1) is 11.3 Å². The first-order chi connectivity index (χ1) is 17.2. The lowest BCUT2D eigenvalue weighted by atomic mass is 9.76. The number of carbonyl (C=O) groups is 1. The normalized spacial score (nSPS) is 19.5. The lowest BCUT2D eigenvalue weighted by Gasteiger charge is -2.45. The summed E-state index contributed by atoms with van der Waals surface area (Å²) in [7, 11) is 6.05. The van der Waals surface area contributed by atoms with Crippen LogP contribution < -0.4 is 19.5 Å². The van der Waals surface area contributed by atoms with E-state index in [0.29, 0.717) is 33.9 Å². The number of nitrogens with one attached hydrogen (secondary N) is 2. The van der Waals surface area contributed by atoms with Gasteiger partial charge in [0.15, 0.2) is 17.5 Å². The highest BCUT2D eigenvalue weighted by Gasteiger charge is 2.49. The summed E-state index contributed by atoms with van der Waals surface area (Å²) >= 11 is 1.38. The maximum atomic E-state index is 14.1.